The third kappa shape index (κ3) is 2.84. The van der Waals surface area contributed by atoms with Crippen LogP contribution >= 0.6 is 0 Å². The maximum atomic E-state index is 4.48. The maximum Gasteiger partial charge on any atom is 0.194 e. The Kier molecular flexibility index (Phi) is 3.83. The molecule has 0 aromatic rings. The molecule has 1 fully saturated rings. The largest absolute Gasteiger partial charge is 0.354 e. The van der Waals surface area contributed by atoms with Gasteiger partial charge in [-0.1, -0.05) is 0 Å². The lowest BCUT2D eigenvalue weighted by Crippen LogP contribution is -2.44. The van der Waals surface area contributed by atoms with Crippen LogP contribution in [0.25, 0.3) is 0 Å². The lowest BCUT2D eigenvalue weighted by atomic mass is 9.99. The summed E-state index contributed by atoms with van der Waals surface area (Å²) in [5, 5.41) is 6.82. The van der Waals surface area contributed by atoms with Crippen LogP contribution < -0.4 is 10.6 Å². The summed E-state index contributed by atoms with van der Waals surface area (Å²) in [6, 6.07) is 0. The van der Waals surface area contributed by atoms with E-state index in [1.54, 1.807) is 0 Å². The zero-order chi connectivity index (χ0) is 10.5. The van der Waals surface area contributed by atoms with Crippen molar-refractivity contribution < 1.29 is 0 Å². The van der Waals surface area contributed by atoms with Crippen LogP contribution in [0.5, 0.6) is 0 Å². The first kappa shape index (κ1) is 10.7. The van der Waals surface area contributed by atoms with E-state index in [2.05, 4.69) is 27.4 Å². The Hall–Kier alpha value is -0.770. The van der Waals surface area contributed by atoms with E-state index in [1.165, 1.54) is 25.9 Å². The zero-order valence-corrected chi connectivity index (χ0v) is 9.63. The van der Waals surface area contributed by atoms with Gasteiger partial charge >= 0.3 is 0 Å². The van der Waals surface area contributed by atoms with E-state index in [-0.39, 0.29) is 0 Å². The Morgan fingerprint density at radius 2 is 2.40 bits per heavy atom. The summed E-state index contributed by atoms with van der Waals surface area (Å²) in [6.07, 6.45) is 2.68. The first-order valence-electron chi connectivity index (χ1n) is 6.14. The minimum absolute atomic E-state index is 0.795. The Balaban J connectivity index is 1.83. The van der Waals surface area contributed by atoms with Gasteiger partial charge in [-0.3, -0.25) is 4.99 Å². The van der Waals surface area contributed by atoms with Crippen LogP contribution in [0.2, 0.25) is 0 Å². The van der Waals surface area contributed by atoms with E-state index in [9.17, 15) is 0 Å². The molecular formula is C11H22N4. The molecule has 0 aromatic carbocycles. The molecule has 2 aliphatic heterocycles. The fraction of sp³-hybridized carbons (Fsp3) is 0.909. The van der Waals surface area contributed by atoms with Gasteiger partial charge < -0.3 is 15.5 Å². The standard InChI is InChI=1S/C11H22N4/c1-2-15(11-13-6-7-14-11)9-10-4-3-5-12-8-10/h10,12H,2-9H2,1H3,(H,13,14). The third-order valence-electron chi connectivity index (χ3n) is 3.22. The zero-order valence-electron chi connectivity index (χ0n) is 9.63. The molecule has 1 atom stereocenters. The average Bonchev–Trinajstić information content (AvgIpc) is 2.81. The molecule has 0 saturated carbocycles. The van der Waals surface area contributed by atoms with Gasteiger partial charge in [0.15, 0.2) is 5.96 Å². The van der Waals surface area contributed by atoms with Crippen LogP contribution in [0.1, 0.15) is 19.8 Å². The number of nitrogens with zero attached hydrogens (tertiary/aromatic N) is 2. The van der Waals surface area contributed by atoms with Gasteiger partial charge in [-0.05, 0) is 38.8 Å². The van der Waals surface area contributed by atoms with Gasteiger partial charge in [0, 0.05) is 19.6 Å². The molecule has 2 N–H and O–H groups in total. The first-order valence-corrected chi connectivity index (χ1v) is 6.14. The van der Waals surface area contributed by atoms with Crippen LogP contribution in [-0.4, -0.2) is 50.1 Å². The van der Waals surface area contributed by atoms with Crippen LogP contribution in [0, 0.1) is 5.92 Å². The number of guanidine groups is 1. The Labute approximate surface area is 92.1 Å². The highest BCUT2D eigenvalue weighted by molar-refractivity contribution is 5.81. The van der Waals surface area contributed by atoms with Crippen molar-refractivity contribution in [2.24, 2.45) is 10.9 Å². The summed E-state index contributed by atoms with van der Waals surface area (Å²) in [5.74, 6) is 1.91. The summed E-state index contributed by atoms with van der Waals surface area (Å²) < 4.78 is 0. The quantitative estimate of drug-likeness (QED) is 0.702. The predicted molar refractivity (Wildman–Crippen MR) is 63.1 cm³/mol. The fourth-order valence-corrected chi connectivity index (χ4v) is 2.35. The molecule has 2 rings (SSSR count). The van der Waals surface area contributed by atoms with Crippen LogP contribution in [0.3, 0.4) is 0 Å². The molecule has 1 unspecified atom stereocenters. The third-order valence-corrected chi connectivity index (χ3v) is 3.22. The van der Waals surface area contributed by atoms with Crippen molar-refractivity contribution in [3.8, 4) is 0 Å². The molecule has 1 saturated heterocycles. The Bertz CT molecular complexity index is 221. The van der Waals surface area contributed by atoms with Crippen LogP contribution in [0.4, 0.5) is 0 Å². The summed E-state index contributed by atoms with van der Waals surface area (Å²) >= 11 is 0. The molecule has 2 heterocycles. The topological polar surface area (TPSA) is 39.7 Å². The minimum atomic E-state index is 0.795. The van der Waals surface area contributed by atoms with Gasteiger partial charge in [-0.2, -0.15) is 0 Å². The van der Waals surface area contributed by atoms with E-state index < -0.39 is 0 Å². The van der Waals surface area contributed by atoms with Gasteiger partial charge in [-0.25, -0.2) is 0 Å². The number of hydrogen-bond acceptors (Lipinski definition) is 4. The first-order chi connectivity index (χ1) is 7.40. The van der Waals surface area contributed by atoms with Crippen molar-refractivity contribution >= 4 is 5.96 Å². The highest BCUT2D eigenvalue weighted by atomic mass is 15.3. The van der Waals surface area contributed by atoms with E-state index in [1.807, 2.05) is 0 Å². The molecule has 15 heavy (non-hydrogen) atoms. The molecule has 2 aliphatic rings. The smallest absolute Gasteiger partial charge is 0.194 e. The van der Waals surface area contributed by atoms with E-state index in [0.29, 0.717) is 0 Å². The lowest BCUT2D eigenvalue weighted by molar-refractivity contribution is 0.289. The van der Waals surface area contributed by atoms with Crippen molar-refractivity contribution in [1.29, 1.82) is 0 Å². The minimum Gasteiger partial charge on any atom is -0.354 e. The van der Waals surface area contributed by atoms with Crippen LogP contribution in [0.15, 0.2) is 4.99 Å². The maximum absolute atomic E-state index is 4.48. The summed E-state index contributed by atoms with van der Waals surface area (Å²) in [5.41, 5.74) is 0. The molecular weight excluding hydrogens is 188 g/mol. The average molecular weight is 210 g/mol. The number of aliphatic imine (C=N–C) groups is 1. The lowest BCUT2D eigenvalue weighted by Gasteiger charge is -2.30. The molecule has 0 amide bonds. The molecule has 0 aromatic heterocycles. The molecule has 0 aliphatic carbocycles. The Morgan fingerprint density at radius 3 is 3.00 bits per heavy atom. The van der Waals surface area contributed by atoms with Crippen molar-refractivity contribution in [3.05, 3.63) is 0 Å². The summed E-state index contributed by atoms with van der Waals surface area (Å²) in [7, 11) is 0. The molecule has 0 bridgehead atoms. The highest BCUT2D eigenvalue weighted by Crippen LogP contribution is 2.12. The van der Waals surface area contributed by atoms with Gasteiger partial charge in [0.1, 0.15) is 0 Å². The summed E-state index contributed by atoms with van der Waals surface area (Å²) in [6.45, 7) is 8.73. The normalized spacial score (nSPS) is 25.9. The van der Waals surface area contributed by atoms with Gasteiger partial charge in [-0.15, -0.1) is 0 Å². The SMILES string of the molecule is CCN(CC1CCCNC1)C1=NCCN1. The molecule has 0 radical (unpaired) electrons. The molecule has 4 heteroatoms. The monoisotopic (exact) mass is 210 g/mol. The highest BCUT2D eigenvalue weighted by Gasteiger charge is 2.19. The molecule has 86 valence electrons. The number of piperidine rings is 1. The van der Waals surface area contributed by atoms with Gasteiger partial charge in [0.2, 0.25) is 0 Å². The van der Waals surface area contributed by atoms with Crippen LogP contribution in [-0.2, 0) is 0 Å². The number of rotatable bonds is 3. The molecule has 0 spiro atoms. The fourth-order valence-electron chi connectivity index (χ4n) is 2.35. The van der Waals surface area contributed by atoms with Crippen molar-refractivity contribution in [2.45, 2.75) is 19.8 Å². The van der Waals surface area contributed by atoms with Gasteiger partial charge in [0.25, 0.3) is 0 Å². The number of hydrogen-bond donors (Lipinski definition) is 2. The second kappa shape index (κ2) is 5.35. The van der Waals surface area contributed by atoms with Crippen molar-refractivity contribution in [1.82, 2.24) is 15.5 Å². The predicted octanol–water partition coefficient (Wildman–Crippen LogP) is 0.267. The number of nitrogens with one attached hydrogen (secondary N) is 2. The van der Waals surface area contributed by atoms with Gasteiger partial charge in [0.05, 0.1) is 6.54 Å². The van der Waals surface area contributed by atoms with E-state index >= 15 is 0 Å². The van der Waals surface area contributed by atoms with Crippen molar-refractivity contribution in [2.75, 3.05) is 39.3 Å². The van der Waals surface area contributed by atoms with Crippen molar-refractivity contribution in [3.63, 3.8) is 0 Å². The second-order valence-corrected chi connectivity index (χ2v) is 4.38. The summed E-state index contributed by atoms with van der Waals surface area (Å²) in [4.78, 5) is 6.86. The molecule has 4 nitrogen and oxygen atoms in total. The van der Waals surface area contributed by atoms with E-state index in [4.69, 9.17) is 0 Å². The Morgan fingerprint density at radius 1 is 1.47 bits per heavy atom. The van der Waals surface area contributed by atoms with E-state index in [0.717, 1.165) is 38.1 Å². The second-order valence-electron chi connectivity index (χ2n) is 4.38.